The highest BCUT2D eigenvalue weighted by Gasteiger charge is 2.03. The smallest absolute Gasteiger partial charge is 0.331 e. The molecule has 4 heteroatoms. The molecular formula is C20H22O4. The van der Waals surface area contributed by atoms with E-state index >= 15 is 0 Å². The van der Waals surface area contributed by atoms with Gasteiger partial charge in [-0.15, -0.1) is 0 Å². The summed E-state index contributed by atoms with van der Waals surface area (Å²) in [7, 11) is 0. The molecule has 2 aromatic rings. The maximum Gasteiger partial charge on any atom is 0.331 e. The minimum atomic E-state index is -0.349. The second kappa shape index (κ2) is 8.77. The molecule has 0 radical (unpaired) electrons. The van der Waals surface area contributed by atoms with Gasteiger partial charge in [0.1, 0.15) is 23.9 Å². The van der Waals surface area contributed by atoms with Gasteiger partial charge in [0.15, 0.2) is 0 Å². The van der Waals surface area contributed by atoms with Gasteiger partial charge in [0.05, 0.1) is 6.10 Å². The standard InChI is InChI=1S/C20H22O4/c1-15(2)23-20(21)13-16(3)14-22-17-9-11-19(12-10-17)24-18-7-5-4-6-8-18/h4-13,15H,14H2,1-3H3. The van der Waals surface area contributed by atoms with E-state index < -0.39 is 0 Å². The summed E-state index contributed by atoms with van der Waals surface area (Å²) in [6, 6.07) is 16.9. The molecule has 0 atom stereocenters. The number of carbonyl (C=O) groups excluding carboxylic acids is 1. The molecule has 0 bridgehead atoms. The van der Waals surface area contributed by atoms with Crippen LogP contribution in [-0.2, 0) is 9.53 Å². The molecule has 0 aromatic heterocycles. The molecule has 126 valence electrons. The van der Waals surface area contributed by atoms with Crippen molar-refractivity contribution in [2.75, 3.05) is 6.61 Å². The minimum absolute atomic E-state index is 0.125. The molecule has 4 nitrogen and oxygen atoms in total. The van der Waals surface area contributed by atoms with Gasteiger partial charge in [-0.25, -0.2) is 4.79 Å². The molecule has 2 aromatic carbocycles. The molecule has 0 spiro atoms. The van der Waals surface area contributed by atoms with Crippen molar-refractivity contribution in [3.63, 3.8) is 0 Å². The van der Waals surface area contributed by atoms with Gasteiger partial charge in [-0.05, 0) is 62.7 Å². The fraction of sp³-hybridized carbons (Fsp3) is 0.250. The van der Waals surface area contributed by atoms with Crippen LogP contribution in [0.4, 0.5) is 0 Å². The number of rotatable bonds is 7. The molecule has 0 amide bonds. The first-order valence-corrected chi connectivity index (χ1v) is 7.86. The molecule has 24 heavy (non-hydrogen) atoms. The molecule has 0 fully saturated rings. The Morgan fingerprint density at radius 1 is 0.958 bits per heavy atom. The molecule has 0 unspecified atom stereocenters. The largest absolute Gasteiger partial charge is 0.489 e. The van der Waals surface area contributed by atoms with Crippen molar-refractivity contribution in [2.45, 2.75) is 26.9 Å². The van der Waals surface area contributed by atoms with E-state index in [-0.39, 0.29) is 12.1 Å². The van der Waals surface area contributed by atoms with Crippen LogP contribution in [0.5, 0.6) is 17.2 Å². The van der Waals surface area contributed by atoms with E-state index in [0.29, 0.717) is 12.4 Å². The Labute approximate surface area is 142 Å². The summed E-state index contributed by atoms with van der Waals surface area (Å²) >= 11 is 0. The lowest BCUT2D eigenvalue weighted by molar-refractivity contribution is -0.141. The van der Waals surface area contributed by atoms with Crippen molar-refractivity contribution in [3.8, 4) is 17.2 Å². The van der Waals surface area contributed by atoms with Gasteiger partial charge in [0, 0.05) is 6.08 Å². The average Bonchev–Trinajstić information content (AvgIpc) is 2.54. The van der Waals surface area contributed by atoms with E-state index in [1.807, 2.05) is 75.4 Å². The summed E-state index contributed by atoms with van der Waals surface area (Å²) in [6.45, 7) is 5.79. The summed E-state index contributed by atoms with van der Waals surface area (Å²) in [5.74, 6) is 1.88. The molecule has 0 saturated carbocycles. The molecule has 2 rings (SSSR count). The van der Waals surface area contributed by atoms with Gasteiger partial charge in [0.25, 0.3) is 0 Å². The predicted molar refractivity (Wildman–Crippen MR) is 93.4 cm³/mol. The summed E-state index contributed by atoms with van der Waals surface area (Å²) in [5, 5.41) is 0. The van der Waals surface area contributed by atoms with Crippen molar-refractivity contribution < 1.29 is 19.0 Å². The van der Waals surface area contributed by atoms with Crippen LogP contribution < -0.4 is 9.47 Å². The number of ether oxygens (including phenoxy) is 3. The Morgan fingerprint density at radius 2 is 1.54 bits per heavy atom. The predicted octanol–water partition coefficient (Wildman–Crippen LogP) is 4.76. The maximum absolute atomic E-state index is 11.5. The molecule has 0 heterocycles. The average molecular weight is 326 g/mol. The monoisotopic (exact) mass is 326 g/mol. The zero-order valence-corrected chi connectivity index (χ0v) is 14.2. The van der Waals surface area contributed by atoms with E-state index in [4.69, 9.17) is 14.2 Å². The number of hydrogen-bond donors (Lipinski definition) is 0. The molecule has 0 aliphatic rings. The number of benzene rings is 2. The van der Waals surface area contributed by atoms with E-state index in [9.17, 15) is 4.79 Å². The van der Waals surface area contributed by atoms with Crippen molar-refractivity contribution >= 4 is 5.97 Å². The van der Waals surface area contributed by atoms with Crippen LogP contribution in [0, 0.1) is 0 Å². The first-order chi connectivity index (χ1) is 11.5. The van der Waals surface area contributed by atoms with E-state index in [2.05, 4.69) is 0 Å². The van der Waals surface area contributed by atoms with E-state index in [1.165, 1.54) is 6.08 Å². The van der Waals surface area contributed by atoms with Crippen molar-refractivity contribution in [1.29, 1.82) is 0 Å². The van der Waals surface area contributed by atoms with Gasteiger partial charge in [-0.2, -0.15) is 0 Å². The summed E-state index contributed by atoms with van der Waals surface area (Å²) in [6.07, 6.45) is 1.33. The van der Waals surface area contributed by atoms with Crippen LogP contribution in [0.15, 0.2) is 66.2 Å². The Balaban J connectivity index is 1.85. The Kier molecular flexibility index (Phi) is 6.43. The van der Waals surface area contributed by atoms with Gasteiger partial charge in [-0.1, -0.05) is 18.2 Å². The normalized spacial score (nSPS) is 11.2. The zero-order chi connectivity index (χ0) is 17.4. The number of esters is 1. The maximum atomic E-state index is 11.5. The molecule has 0 N–H and O–H groups in total. The minimum Gasteiger partial charge on any atom is -0.489 e. The lowest BCUT2D eigenvalue weighted by Gasteiger charge is -2.09. The van der Waals surface area contributed by atoms with Gasteiger partial charge in [0.2, 0.25) is 0 Å². The van der Waals surface area contributed by atoms with Crippen molar-refractivity contribution in [1.82, 2.24) is 0 Å². The van der Waals surface area contributed by atoms with Crippen LogP contribution in [0.2, 0.25) is 0 Å². The third kappa shape index (κ3) is 6.16. The Morgan fingerprint density at radius 3 is 2.17 bits per heavy atom. The zero-order valence-electron chi connectivity index (χ0n) is 14.2. The highest BCUT2D eigenvalue weighted by Crippen LogP contribution is 2.23. The third-order valence-electron chi connectivity index (χ3n) is 2.99. The lowest BCUT2D eigenvalue weighted by atomic mass is 10.3. The lowest BCUT2D eigenvalue weighted by Crippen LogP contribution is -2.10. The van der Waals surface area contributed by atoms with E-state index in [1.54, 1.807) is 0 Å². The number of para-hydroxylation sites is 1. The van der Waals surface area contributed by atoms with Crippen LogP contribution in [-0.4, -0.2) is 18.7 Å². The first kappa shape index (κ1) is 17.6. The molecular weight excluding hydrogens is 304 g/mol. The second-order valence-electron chi connectivity index (χ2n) is 5.65. The summed E-state index contributed by atoms with van der Waals surface area (Å²) in [5.41, 5.74) is 0.797. The van der Waals surface area contributed by atoms with Crippen LogP contribution >= 0.6 is 0 Å². The van der Waals surface area contributed by atoms with Gasteiger partial charge < -0.3 is 14.2 Å². The third-order valence-corrected chi connectivity index (χ3v) is 2.99. The molecule has 0 aliphatic heterocycles. The number of hydrogen-bond acceptors (Lipinski definition) is 4. The highest BCUT2D eigenvalue weighted by molar-refractivity contribution is 5.82. The Bertz CT molecular complexity index is 673. The SMILES string of the molecule is CC(=CC(=O)OC(C)C)COc1ccc(Oc2ccccc2)cc1. The van der Waals surface area contributed by atoms with E-state index in [0.717, 1.165) is 17.1 Å². The fourth-order valence-corrected chi connectivity index (χ4v) is 1.93. The first-order valence-electron chi connectivity index (χ1n) is 7.86. The highest BCUT2D eigenvalue weighted by atomic mass is 16.5. The van der Waals surface area contributed by atoms with Gasteiger partial charge in [-0.3, -0.25) is 0 Å². The Hall–Kier alpha value is -2.75. The van der Waals surface area contributed by atoms with Crippen LogP contribution in [0.1, 0.15) is 20.8 Å². The molecule has 0 aliphatic carbocycles. The second-order valence-corrected chi connectivity index (χ2v) is 5.65. The number of carbonyl (C=O) groups is 1. The summed E-state index contributed by atoms with van der Waals surface area (Å²) in [4.78, 5) is 11.5. The molecule has 0 saturated heterocycles. The van der Waals surface area contributed by atoms with Crippen LogP contribution in [0.25, 0.3) is 0 Å². The van der Waals surface area contributed by atoms with Gasteiger partial charge >= 0.3 is 5.97 Å². The van der Waals surface area contributed by atoms with Crippen molar-refractivity contribution in [2.24, 2.45) is 0 Å². The van der Waals surface area contributed by atoms with Crippen LogP contribution in [0.3, 0.4) is 0 Å². The summed E-state index contributed by atoms with van der Waals surface area (Å²) < 4.78 is 16.4. The quantitative estimate of drug-likeness (QED) is 0.544. The topological polar surface area (TPSA) is 44.8 Å². The van der Waals surface area contributed by atoms with Crippen molar-refractivity contribution in [3.05, 3.63) is 66.2 Å². The fourth-order valence-electron chi connectivity index (χ4n) is 1.93.